The van der Waals surface area contributed by atoms with Crippen LogP contribution in [0.3, 0.4) is 0 Å². The zero-order chi connectivity index (χ0) is 38.6. The maximum absolute atomic E-state index is 13.7. The SMILES string of the molecule is C[N+](C)(CCNC(CC(=O)OCCC(F)(F)C(F)(F)C(F)(F)C(F)(F)F)C(=O)OCCC(F)(F)C(F)(F)C(F)(F)C(F)(F)F)CC(=O)[O-]. The number of carboxylic acids is 1. The van der Waals surface area contributed by atoms with Crippen molar-refractivity contribution in [3.05, 3.63) is 0 Å². The molecular formula is C22H24F18N2O6. The maximum atomic E-state index is 13.7. The van der Waals surface area contributed by atoms with Gasteiger partial charge in [0.25, 0.3) is 0 Å². The van der Waals surface area contributed by atoms with E-state index in [0.29, 0.717) is 0 Å². The average molecular weight is 754 g/mol. The summed E-state index contributed by atoms with van der Waals surface area (Å²) in [6.07, 6.45) is -21.3. The molecule has 0 spiro atoms. The Bertz CT molecular complexity index is 1120. The molecule has 0 radical (unpaired) electrons. The molecule has 284 valence electrons. The quantitative estimate of drug-likeness (QED) is 0.121. The Morgan fingerprint density at radius 1 is 0.646 bits per heavy atom. The molecule has 1 unspecified atom stereocenters. The highest BCUT2D eigenvalue weighted by atomic mass is 19.4. The summed E-state index contributed by atoms with van der Waals surface area (Å²) >= 11 is 0. The molecule has 0 aromatic heterocycles. The van der Waals surface area contributed by atoms with Crippen LogP contribution in [0.25, 0.3) is 0 Å². The van der Waals surface area contributed by atoms with Crippen LogP contribution < -0.4 is 10.4 Å². The van der Waals surface area contributed by atoms with Gasteiger partial charge in [-0.15, -0.1) is 0 Å². The van der Waals surface area contributed by atoms with Crippen molar-refractivity contribution < 1.29 is 112 Å². The third kappa shape index (κ3) is 10.5. The van der Waals surface area contributed by atoms with Crippen LogP contribution in [0.1, 0.15) is 19.3 Å². The van der Waals surface area contributed by atoms with Gasteiger partial charge in [0.1, 0.15) is 12.6 Å². The fourth-order valence-corrected chi connectivity index (χ4v) is 3.24. The summed E-state index contributed by atoms with van der Waals surface area (Å²) in [5.41, 5.74) is 0. The standard InChI is InChI=1S/C22H24F18N2O6/c1-42(2,10-12(43)44)6-5-41-11(14(46)48-8-4-16(25,26)18(29,30)20(33,34)22(38,39)40)9-13(45)47-7-3-15(23,24)17(27,28)19(31,32)21(35,36)37/h11,41H,3-10H2,1-2H3. The molecule has 48 heavy (non-hydrogen) atoms. The summed E-state index contributed by atoms with van der Waals surface area (Å²) in [4.78, 5) is 35.1. The largest absolute Gasteiger partial charge is 0.544 e. The predicted molar refractivity (Wildman–Crippen MR) is 116 cm³/mol. The van der Waals surface area contributed by atoms with Crippen molar-refractivity contribution in [3.8, 4) is 0 Å². The number of aliphatic carboxylic acids is 1. The van der Waals surface area contributed by atoms with Crippen molar-refractivity contribution in [1.29, 1.82) is 0 Å². The Kier molecular flexibility index (Phi) is 14.0. The molecule has 0 aliphatic carbocycles. The molecule has 0 bridgehead atoms. The van der Waals surface area contributed by atoms with E-state index in [0.717, 1.165) is 0 Å². The summed E-state index contributed by atoms with van der Waals surface area (Å²) in [6, 6.07) is -2.28. The second kappa shape index (κ2) is 14.9. The molecule has 26 heteroatoms. The first kappa shape index (κ1) is 45.1. The third-order valence-corrected chi connectivity index (χ3v) is 6.08. The number of nitrogens with one attached hydrogen (secondary N) is 1. The summed E-state index contributed by atoms with van der Waals surface area (Å²) in [6.45, 7) is -5.71. The Balaban J connectivity index is 5.74. The highest BCUT2D eigenvalue weighted by Gasteiger charge is 2.82. The van der Waals surface area contributed by atoms with E-state index in [1.54, 1.807) is 0 Å². The van der Waals surface area contributed by atoms with Crippen LogP contribution >= 0.6 is 0 Å². The molecule has 0 aromatic carbocycles. The molecule has 1 N–H and O–H groups in total. The summed E-state index contributed by atoms with van der Waals surface area (Å²) < 4.78 is 241. The number of halogens is 18. The molecule has 0 rings (SSSR count). The van der Waals surface area contributed by atoms with Gasteiger partial charge in [0.15, 0.2) is 0 Å². The average Bonchev–Trinajstić information content (AvgIpc) is 2.85. The van der Waals surface area contributed by atoms with Crippen LogP contribution in [0.4, 0.5) is 79.0 Å². The molecular weight excluding hydrogens is 730 g/mol. The van der Waals surface area contributed by atoms with E-state index in [4.69, 9.17) is 0 Å². The van der Waals surface area contributed by atoms with Gasteiger partial charge in [0, 0.05) is 6.54 Å². The van der Waals surface area contributed by atoms with E-state index >= 15 is 0 Å². The number of hydrogen-bond donors (Lipinski definition) is 1. The number of carbonyl (C=O) groups is 3. The Hall–Kier alpha value is -2.93. The van der Waals surface area contributed by atoms with E-state index in [1.807, 2.05) is 0 Å². The summed E-state index contributed by atoms with van der Waals surface area (Å²) in [5.74, 6) is -46.7. The zero-order valence-corrected chi connectivity index (χ0v) is 23.9. The monoisotopic (exact) mass is 754 g/mol. The van der Waals surface area contributed by atoms with Crippen LogP contribution in [0, 0.1) is 0 Å². The number of hydrogen-bond acceptors (Lipinski definition) is 7. The van der Waals surface area contributed by atoms with E-state index in [-0.39, 0.29) is 6.54 Å². The van der Waals surface area contributed by atoms with Gasteiger partial charge in [-0.05, 0) is 0 Å². The molecule has 0 aliphatic rings. The number of nitrogens with zero attached hydrogens (tertiary/aromatic N) is 1. The van der Waals surface area contributed by atoms with Crippen LogP contribution in [-0.2, 0) is 23.9 Å². The first-order valence-electron chi connectivity index (χ1n) is 12.5. The second-order valence-electron chi connectivity index (χ2n) is 10.5. The van der Waals surface area contributed by atoms with Gasteiger partial charge in [0.05, 0.1) is 59.1 Å². The topological polar surface area (TPSA) is 105 Å². The first-order valence-corrected chi connectivity index (χ1v) is 12.5. The number of likely N-dealkylation sites (N-methyl/N-ethyl adjacent to an activating group) is 1. The van der Waals surface area contributed by atoms with Crippen LogP contribution in [-0.4, -0.2) is 123 Å². The van der Waals surface area contributed by atoms with Crippen LogP contribution in [0.5, 0.6) is 0 Å². The van der Waals surface area contributed by atoms with Gasteiger partial charge in [-0.2, -0.15) is 79.0 Å². The van der Waals surface area contributed by atoms with E-state index < -0.39 is 122 Å². The fourth-order valence-electron chi connectivity index (χ4n) is 3.24. The number of esters is 2. The Labute approximate surface area is 256 Å². The van der Waals surface area contributed by atoms with Crippen LogP contribution in [0.15, 0.2) is 0 Å². The van der Waals surface area contributed by atoms with Gasteiger partial charge < -0.3 is 23.9 Å². The molecule has 1 atom stereocenters. The molecule has 0 aliphatic heterocycles. The number of rotatable bonds is 19. The highest BCUT2D eigenvalue weighted by Crippen LogP contribution is 2.55. The van der Waals surface area contributed by atoms with Crippen molar-refractivity contribution in [3.63, 3.8) is 0 Å². The molecule has 0 amide bonds. The van der Waals surface area contributed by atoms with Gasteiger partial charge >= 0.3 is 59.8 Å². The van der Waals surface area contributed by atoms with Crippen molar-refractivity contribution in [2.45, 2.75) is 73.2 Å². The molecule has 0 saturated heterocycles. The van der Waals surface area contributed by atoms with Crippen molar-refractivity contribution in [2.24, 2.45) is 0 Å². The van der Waals surface area contributed by atoms with Gasteiger partial charge in [-0.1, -0.05) is 0 Å². The molecule has 8 nitrogen and oxygen atoms in total. The Morgan fingerprint density at radius 3 is 1.38 bits per heavy atom. The lowest BCUT2D eigenvalue weighted by molar-refractivity contribution is -0.883. The van der Waals surface area contributed by atoms with E-state index in [1.165, 1.54) is 14.1 Å². The zero-order valence-electron chi connectivity index (χ0n) is 23.9. The van der Waals surface area contributed by atoms with E-state index in [9.17, 15) is 98.5 Å². The molecule has 0 heterocycles. The van der Waals surface area contributed by atoms with Gasteiger partial charge in [0.2, 0.25) is 0 Å². The van der Waals surface area contributed by atoms with Crippen molar-refractivity contribution >= 4 is 17.9 Å². The lowest BCUT2D eigenvalue weighted by Crippen LogP contribution is -2.61. The molecule has 0 fully saturated rings. The second-order valence-corrected chi connectivity index (χ2v) is 10.5. The number of ether oxygens (including phenoxy) is 2. The summed E-state index contributed by atoms with van der Waals surface area (Å²) in [7, 11) is 2.46. The maximum Gasteiger partial charge on any atom is 0.460 e. The number of carbonyl (C=O) groups excluding carboxylic acids is 3. The minimum Gasteiger partial charge on any atom is -0.544 e. The Morgan fingerprint density at radius 2 is 1.02 bits per heavy atom. The third-order valence-electron chi connectivity index (χ3n) is 6.08. The normalized spacial score (nSPS) is 15.2. The van der Waals surface area contributed by atoms with Crippen LogP contribution in [0.2, 0.25) is 0 Å². The number of carboxylic acid groups (broad SMARTS) is 1. The smallest absolute Gasteiger partial charge is 0.460 e. The van der Waals surface area contributed by atoms with Gasteiger partial charge in [-0.3, -0.25) is 14.9 Å². The lowest BCUT2D eigenvalue weighted by atomic mass is 10.0. The first-order chi connectivity index (χ1) is 21.0. The number of quaternary nitrogens is 1. The van der Waals surface area contributed by atoms with E-state index in [2.05, 4.69) is 14.8 Å². The minimum absolute atomic E-state index is 0.335. The highest BCUT2D eigenvalue weighted by molar-refractivity contribution is 5.82. The summed E-state index contributed by atoms with van der Waals surface area (Å²) in [5, 5.41) is 12.9. The molecule has 0 saturated carbocycles. The van der Waals surface area contributed by atoms with Crippen molar-refractivity contribution in [1.82, 2.24) is 5.32 Å². The minimum atomic E-state index is -7.29. The number of alkyl halides is 18. The lowest BCUT2D eigenvalue weighted by Gasteiger charge is -2.33. The van der Waals surface area contributed by atoms with Gasteiger partial charge in [-0.25, -0.2) is 0 Å². The predicted octanol–water partition coefficient (Wildman–Crippen LogP) is 3.96. The van der Waals surface area contributed by atoms with Crippen molar-refractivity contribution in [2.75, 3.05) is 46.9 Å². The molecule has 0 aromatic rings. The fraction of sp³-hybridized carbons (Fsp3) is 0.864.